The Labute approximate surface area is 169 Å². The van der Waals surface area contributed by atoms with Crippen LogP contribution in [-0.4, -0.2) is 16.9 Å². The maximum Gasteiger partial charge on any atom is 0.336 e. The fourth-order valence-corrected chi connectivity index (χ4v) is 2.89. The Balaban J connectivity index is 2.12. The van der Waals surface area contributed by atoms with E-state index in [1.165, 1.54) is 31.7 Å². The van der Waals surface area contributed by atoms with Crippen LogP contribution in [0.2, 0.25) is 0 Å². The normalized spacial score (nSPS) is 11.8. The van der Waals surface area contributed by atoms with Crippen LogP contribution >= 0.6 is 0 Å². The highest BCUT2D eigenvalue weighted by Crippen LogP contribution is 2.14. The molecule has 0 aliphatic heterocycles. The minimum absolute atomic E-state index is 0.0901. The number of ketones is 1. The number of hydrogen-bond acceptors (Lipinski definition) is 2. The summed E-state index contributed by atoms with van der Waals surface area (Å²) < 4.78 is 0. The number of carbonyl (C=O) groups excluding carboxylic acids is 1. The Morgan fingerprint density at radius 2 is 1.32 bits per heavy atom. The lowest BCUT2D eigenvalue weighted by molar-refractivity contribution is 0.0691. The van der Waals surface area contributed by atoms with E-state index in [1.54, 1.807) is 18.2 Å². The van der Waals surface area contributed by atoms with E-state index < -0.39 is 5.97 Å². The molecule has 0 heterocycles. The zero-order valence-corrected chi connectivity index (χ0v) is 17.1. The molecule has 0 saturated heterocycles. The third-order valence-corrected chi connectivity index (χ3v) is 4.50. The number of aromatic carboxylic acids is 1. The lowest BCUT2D eigenvalue weighted by Gasteiger charge is -2.04. The average molecular weight is 383 g/mol. The van der Waals surface area contributed by atoms with Gasteiger partial charge in [-0.2, -0.15) is 0 Å². The predicted molar refractivity (Wildman–Crippen MR) is 117 cm³/mol. The molecule has 1 aromatic carbocycles. The summed E-state index contributed by atoms with van der Waals surface area (Å²) in [5, 5.41) is 9.15. The van der Waals surface area contributed by atoms with Gasteiger partial charge in [0.15, 0.2) is 5.78 Å². The standard InChI is InChI=1S/C25H34O3/c1-2-3-4-5-6-7-8-9-10-11-12-13-14-15-16-21-24(26)22-19-17-18-20-23(22)25(27)28/h6-7,9-10,12-13,17-20H,2-5,8,11,14-16,21H2,1H3,(H,27,28). The van der Waals surface area contributed by atoms with Crippen molar-refractivity contribution in [1.82, 2.24) is 0 Å². The van der Waals surface area contributed by atoms with Crippen molar-refractivity contribution < 1.29 is 14.7 Å². The number of carbonyl (C=O) groups is 2. The van der Waals surface area contributed by atoms with Crippen LogP contribution in [0.15, 0.2) is 60.7 Å². The van der Waals surface area contributed by atoms with Crippen LogP contribution in [0.3, 0.4) is 0 Å². The quantitative estimate of drug-likeness (QED) is 0.199. The van der Waals surface area contributed by atoms with Crippen molar-refractivity contribution in [2.45, 2.75) is 71.1 Å². The van der Waals surface area contributed by atoms with Gasteiger partial charge in [0.05, 0.1) is 5.56 Å². The van der Waals surface area contributed by atoms with Crippen LogP contribution in [0, 0.1) is 0 Å². The molecular weight excluding hydrogens is 348 g/mol. The van der Waals surface area contributed by atoms with E-state index in [0.717, 1.165) is 32.1 Å². The molecule has 0 aliphatic rings. The van der Waals surface area contributed by atoms with Crippen molar-refractivity contribution in [3.05, 3.63) is 71.8 Å². The van der Waals surface area contributed by atoms with Crippen LogP contribution in [0.25, 0.3) is 0 Å². The molecule has 3 heteroatoms. The zero-order chi connectivity index (χ0) is 20.5. The molecule has 0 aromatic heterocycles. The number of carboxylic acids is 1. The predicted octanol–water partition coefficient (Wildman–Crippen LogP) is 7.16. The van der Waals surface area contributed by atoms with Crippen LogP contribution in [0.1, 0.15) is 91.8 Å². The average Bonchev–Trinajstić information content (AvgIpc) is 2.70. The SMILES string of the molecule is CCCCCC=CCC=CCC=CCCCCC(=O)c1ccccc1C(=O)O. The largest absolute Gasteiger partial charge is 0.478 e. The first kappa shape index (κ1) is 23.6. The highest BCUT2D eigenvalue weighted by atomic mass is 16.4. The van der Waals surface area contributed by atoms with Gasteiger partial charge in [-0.15, -0.1) is 0 Å². The van der Waals surface area contributed by atoms with Crippen molar-refractivity contribution in [3.63, 3.8) is 0 Å². The fourth-order valence-electron chi connectivity index (χ4n) is 2.89. The maximum absolute atomic E-state index is 12.2. The van der Waals surface area contributed by atoms with Gasteiger partial charge in [-0.3, -0.25) is 4.79 Å². The topological polar surface area (TPSA) is 54.4 Å². The van der Waals surface area contributed by atoms with E-state index in [-0.39, 0.29) is 11.3 Å². The Hall–Kier alpha value is -2.42. The summed E-state index contributed by atoms with van der Waals surface area (Å²) in [5.74, 6) is -1.14. The van der Waals surface area contributed by atoms with Gasteiger partial charge in [0.1, 0.15) is 0 Å². The molecule has 0 atom stereocenters. The van der Waals surface area contributed by atoms with Gasteiger partial charge in [0.25, 0.3) is 0 Å². The summed E-state index contributed by atoms with van der Waals surface area (Å²) in [5.41, 5.74) is 0.407. The summed E-state index contributed by atoms with van der Waals surface area (Å²) in [6.07, 6.45) is 23.2. The second-order valence-electron chi connectivity index (χ2n) is 6.90. The van der Waals surface area contributed by atoms with Gasteiger partial charge < -0.3 is 5.11 Å². The lowest BCUT2D eigenvalue weighted by atomic mass is 9.99. The smallest absolute Gasteiger partial charge is 0.336 e. The van der Waals surface area contributed by atoms with Gasteiger partial charge in [-0.25, -0.2) is 4.79 Å². The Morgan fingerprint density at radius 1 is 0.786 bits per heavy atom. The molecule has 0 unspecified atom stereocenters. The van der Waals surface area contributed by atoms with Crippen molar-refractivity contribution in [3.8, 4) is 0 Å². The van der Waals surface area contributed by atoms with E-state index in [1.807, 2.05) is 0 Å². The molecule has 0 aliphatic carbocycles. The van der Waals surface area contributed by atoms with Crippen molar-refractivity contribution in [2.24, 2.45) is 0 Å². The number of benzene rings is 1. The number of carboxylic acid groups (broad SMARTS) is 1. The lowest BCUT2D eigenvalue weighted by Crippen LogP contribution is -2.08. The number of unbranched alkanes of at least 4 members (excludes halogenated alkanes) is 5. The van der Waals surface area contributed by atoms with Crippen LogP contribution in [0.4, 0.5) is 0 Å². The molecule has 0 spiro atoms. The van der Waals surface area contributed by atoms with E-state index in [0.29, 0.717) is 12.0 Å². The summed E-state index contributed by atoms with van der Waals surface area (Å²) >= 11 is 0. The van der Waals surface area contributed by atoms with Gasteiger partial charge >= 0.3 is 5.97 Å². The molecule has 0 bridgehead atoms. The summed E-state index contributed by atoms with van der Waals surface area (Å²) in [6.45, 7) is 2.22. The van der Waals surface area contributed by atoms with E-state index >= 15 is 0 Å². The van der Waals surface area contributed by atoms with Gasteiger partial charge in [0.2, 0.25) is 0 Å². The minimum Gasteiger partial charge on any atom is -0.478 e. The van der Waals surface area contributed by atoms with Gasteiger partial charge in [0, 0.05) is 12.0 Å². The van der Waals surface area contributed by atoms with E-state index in [9.17, 15) is 9.59 Å². The molecule has 1 rings (SSSR count). The molecule has 28 heavy (non-hydrogen) atoms. The maximum atomic E-state index is 12.2. The van der Waals surface area contributed by atoms with E-state index in [2.05, 4.69) is 43.4 Å². The number of allylic oxidation sites excluding steroid dienone is 6. The third kappa shape index (κ3) is 10.7. The molecule has 0 fully saturated rings. The first-order valence-corrected chi connectivity index (χ1v) is 10.5. The number of rotatable bonds is 15. The highest BCUT2D eigenvalue weighted by molar-refractivity contribution is 6.05. The first-order chi connectivity index (χ1) is 13.7. The Morgan fingerprint density at radius 3 is 1.89 bits per heavy atom. The molecule has 152 valence electrons. The summed E-state index contributed by atoms with van der Waals surface area (Å²) in [4.78, 5) is 23.4. The van der Waals surface area contributed by atoms with Crippen LogP contribution in [0.5, 0.6) is 0 Å². The molecular formula is C25H34O3. The van der Waals surface area contributed by atoms with Crippen molar-refractivity contribution in [1.29, 1.82) is 0 Å². The Bertz CT molecular complexity index is 668. The van der Waals surface area contributed by atoms with Gasteiger partial charge in [-0.05, 0) is 51.0 Å². The fraction of sp³-hybridized carbons (Fsp3) is 0.440. The highest BCUT2D eigenvalue weighted by Gasteiger charge is 2.14. The van der Waals surface area contributed by atoms with Crippen LogP contribution < -0.4 is 0 Å². The molecule has 0 saturated carbocycles. The van der Waals surface area contributed by atoms with Crippen LogP contribution in [-0.2, 0) is 0 Å². The number of hydrogen-bond donors (Lipinski definition) is 1. The molecule has 3 nitrogen and oxygen atoms in total. The molecule has 1 N–H and O–H groups in total. The second kappa shape index (κ2) is 15.6. The van der Waals surface area contributed by atoms with Crippen molar-refractivity contribution in [2.75, 3.05) is 0 Å². The minimum atomic E-state index is -1.05. The van der Waals surface area contributed by atoms with E-state index in [4.69, 9.17) is 5.11 Å². The Kier molecular flexibility index (Phi) is 13.2. The molecule has 0 radical (unpaired) electrons. The first-order valence-electron chi connectivity index (χ1n) is 10.5. The second-order valence-corrected chi connectivity index (χ2v) is 6.90. The third-order valence-electron chi connectivity index (χ3n) is 4.50. The van der Waals surface area contributed by atoms with Crippen molar-refractivity contribution >= 4 is 11.8 Å². The summed E-state index contributed by atoms with van der Waals surface area (Å²) in [7, 11) is 0. The molecule has 0 amide bonds. The van der Waals surface area contributed by atoms with Gasteiger partial charge in [-0.1, -0.05) is 74.4 Å². The number of Topliss-reactive ketones (excluding diaryl/α,β-unsaturated/α-hetero) is 1. The summed E-state index contributed by atoms with van der Waals surface area (Å²) in [6, 6.07) is 6.42. The monoisotopic (exact) mass is 382 g/mol. The zero-order valence-electron chi connectivity index (χ0n) is 17.1. The molecule has 1 aromatic rings.